The number of carbonyl (C=O) groups is 2. The Labute approximate surface area is 146 Å². The Morgan fingerprint density at radius 3 is 2.92 bits per heavy atom. The molecule has 3 rings (SSSR count). The summed E-state index contributed by atoms with van der Waals surface area (Å²) in [6.07, 6.45) is 0.518. The van der Waals surface area contributed by atoms with Gasteiger partial charge in [-0.1, -0.05) is 18.2 Å². The summed E-state index contributed by atoms with van der Waals surface area (Å²) >= 11 is 0. The smallest absolute Gasteiger partial charge is 0.251 e. The van der Waals surface area contributed by atoms with E-state index in [1.807, 2.05) is 36.4 Å². The second kappa shape index (κ2) is 7.36. The van der Waals surface area contributed by atoms with Gasteiger partial charge in [-0.3, -0.25) is 9.59 Å². The molecule has 0 aromatic heterocycles. The molecule has 6 nitrogen and oxygen atoms in total. The van der Waals surface area contributed by atoms with Crippen molar-refractivity contribution in [2.45, 2.75) is 18.9 Å². The summed E-state index contributed by atoms with van der Waals surface area (Å²) in [5, 5.41) is 5.66. The van der Waals surface area contributed by atoms with Gasteiger partial charge in [0.25, 0.3) is 5.91 Å². The molecule has 2 aromatic carbocycles. The van der Waals surface area contributed by atoms with Gasteiger partial charge in [0.05, 0.1) is 13.0 Å². The topological polar surface area (TPSA) is 93.4 Å². The fraction of sp³-hybridized carbons (Fsp3) is 0.263. The van der Waals surface area contributed by atoms with Crippen molar-refractivity contribution in [3.8, 4) is 5.75 Å². The van der Waals surface area contributed by atoms with Crippen LogP contribution in [0.25, 0.3) is 0 Å². The van der Waals surface area contributed by atoms with Crippen LogP contribution < -0.4 is 21.1 Å². The highest BCUT2D eigenvalue weighted by molar-refractivity contribution is 6.01. The molecular formula is C19H21N3O3. The highest BCUT2D eigenvalue weighted by Gasteiger charge is 2.23. The number of amides is 2. The SMILES string of the molecule is COc1cccc(C(CCN)C(=O)Nc2ccc3c(c2)C(=O)NC3)c1. The van der Waals surface area contributed by atoms with Crippen molar-refractivity contribution in [3.63, 3.8) is 0 Å². The van der Waals surface area contributed by atoms with Crippen LogP contribution in [-0.4, -0.2) is 25.5 Å². The largest absolute Gasteiger partial charge is 0.497 e. The van der Waals surface area contributed by atoms with Crippen LogP contribution in [0.2, 0.25) is 0 Å². The monoisotopic (exact) mass is 339 g/mol. The summed E-state index contributed by atoms with van der Waals surface area (Å²) in [5.74, 6) is 0.0400. The van der Waals surface area contributed by atoms with Gasteiger partial charge >= 0.3 is 0 Å². The van der Waals surface area contributed by atoms with Gasteiger partial charge in [0.15, 0.2) is 0 Å². The van der Waals surface area contributed by atoms with Gasteiger partial charge < -0.3 is 21.1 Å². The lowest BCUT2D eigenvalue weighted by molar-refractivity contribution is -0.117. The van der Waals surface area contributed by atoms with Gasteiger partial charge in [-0.15, -0.1) is 0 Å². The number of hydrogen-bond acceptors (Lipinski definition) is 4. The van der Waals surface area contributed by atoms with Crippen molar-refractivity contribution in [1.29, 1.82) is 0 Å². The van der Waals surface area contributed by atoms with Crippen LogP contribution in [0.3, 0.4) is 0 Å². The highest BCUT2D eigenvalue weighted by Crippen LogP contribution is 2.26. The first-order chi connectivity index (χ1) is 12.1. The minimum atomic E-state index is -0.387. The van der Waals surface area contributed by atoms with Crippen molar-refractivity contribution >= 4 is 17.5 Å². The lowest BCUT2D eigenvalue weighted by atomic mass is 9.94. The number of nitrogens with one attached hydrogen (secondary N) is 2. The molecule has 1 aliphatic rings. The lowest BCUT2D eigenvalue weighted by Gasteiger charge is -2.17. The van der Waals surface area contributed by atoms with E-state index >= 15 is 0 Å². The van der Waals surface area contributed by atoms with Gasteiger partial charge in [0.1, 0.15) is 5.75 Å². The molecule has 6 heteroatoms. The van der Waals surface area contributed by atoms with Crippen molar-refractivity contribution < 1.29 is 14.3 Å². The van der Waals surface area contributed by atoms with Crippen LogP contribution >= 0.6 is 0 Å². The number of anilines is 1. The molecule has 1 atom stereocenters. The maximum absolute atomic E-state index is 12.8. The van der Waals surface area contributed by atoms with Crippen LogP contribution in [0.15, 0.2) is 42.5 Å². The Morgan fingerprint density at radius 1 is 1.32 bits per heavy atom. The normalized spacial score (nSPS) is 13.8. The lowest BCUT2D eigenvalue weighted by Crippen LogP contribution is -2.23. The maximum atomic E-state index is 12.8. The molecule has 2 aromatic rings. The number of carbonyl (C=O) groups excluding carboxylic acids is 2. The number of ether oxygens (including phenoxy) is 1. The van der Waals surface area contributed by atoms with E-state index in [2.05, 4.69) is 10.6 Å². The number of hydrogen-bond donors (Lipinski definition) is 3. The molecule has 1 aliphatic heterocycles. The van der Waals surface area contributed by atoms with Gasteiger partial charge in [-0.25, -0.2) is 0 Å². The van der Waals surface area contributed by atoms with E-state index < -0.39 is 0 Å². The molecule has 130 valence electrons. The molecule has 4 N–H and O–H groups in total. The standard InChI is InChI=1S/C19H21N3O3/c1-25-15-4-2-3-12(9-15)16(7-8-20)19(24)22-14-6-5-13-11-21-18(23)17(13)10-14/h2-6,9-10,16H,7-8,11,20H2,1H3,(H,21,23)(H,22,24). The first-order valence-electron chi connectivity index (χ1n) is 8.18. The van der Waals surface area contributed by atoms with Crippen LogP contribution in [0.1, 0.15) is 33.8 Å². The van der Waals surface area contributed by atoms with Crippen molar-refractivity contribution in [2.24, 2.45) is 5.73 Å². The molecule has 0 saturated heterocycles. The Morgan fingerprint density at radius 2 is 2.16 bits per heavy atom. The molecule has 2 amide bonds. The van der Waals surface area contributed by atoms with Crippen LogP contribution in [-0.2, 0) is 11.3 Å². The summed E-state index contributed by atoms with van der Waals surface area (Å²) in [7, 11) is 1.59. The summed E-state index contributed by atoms with van der Waals surface area (Å²) in [4.78, 5) is 24.6. The molecule has 0 spiro atoms. The van der Waals surface area contributed by atoms with Gasteiger partial charge in [-0.05, 0) is 48.4 Å². The summed E-state index contributed by atoms with van der Waals surface area (Å²) in [6, 6.07) is 12.8. The fourth-order valence-corrected chi connectivity index (χ4v) is 2.99. The van der Waals surface area contributed by atoms with Crippen LogP contribution in [0.4, 0.5) is 5.69 Å². The van der Waals surface area contributed by atoms with Crippen molar-refractivity contribution in [3.05, 3.63) is 59.2 Å². The van der Waals surface area contributed by atoms with E-state index in [9.17, 15) is 9.59 Å². The van der Waals surface area contributed by atoms with Crippen molar-refractivity contribution in [2.75, 3.05) is 19.0 Å². The second-order valence-corrected chi connectivity index (χ2v) is 5.95. The minimum absolute atomic E-state index is 0.114. The molecule has 0 bridgehead atoms. The predicted molar refractivity (Wildman–Crippen MR) is 95.6 cm³/mol. The van der Waals surface area contributed by atoms with Gasteiger partial charge in [-0.2, -0.15) is 0 Å². The molecule has 0 saturated carbocycles. The molecular weight excluding hydrogens is 318 g/mol. The number of methoxy groups -OCH3 is 1. The zero-order valence-electron chi connectivity index (χ0n) is 14.0. The molecule has 0 radical (unpaired) electrons. The molecule has 0 fully saturated rings. The highest BCUT2D eigenvalue weighted by atomic mass is 16.5. The molecule has 1 heterocycles. The van der Waals surface area contributed by atoms with Gasteiger partial charge in [0.2, 0.25) is 5.91 Å². The second-order valence-electron chi connectivity index (χ2n) is 5.95. The Kier molecular flexibility index (Phi) is 5.00. The Balaban J connectivity index is 1.81. The summed E-state index contributed by atoms with van der Waals surface area (Å²) in [6.45, 7) is 0.921. The first kappa shape index (κ1) is 17.0. The summed E-state index contributed by atoms with van der Waals surface area (Å²) < 4.78 is 5.24. The van der Waals surface area contributed by atoms with E-state index in [1.165, 1.54) is 0 Å². The number of rotatable bonds is 6. The molecule has 0 aliphatic carbocycles. The Hall–Kier alpha value is -2.86. The number of benzene rings is 2. The van der Waals surface area contributed by atoms with E-state index in [1.54, 1.807) is 13.2 Å². The fourth-order valence-electron chi connectivity index (χ4n) is 2.99. The van der Waals surface area contributed by atoms with E-state index in [0.717, 1.165) is 11.1 Å². The zero-order chi connectivity index (χ0) is 17.8. The summed E-state index contributed by atoms with van der Waals surface area (Å²) in [5.41, 5.74) is 8.69. The quantitative estimate of drug-likeness (QED) is 0.750. The van der Waals surface area contributed by atoms with Crippen molar-refractivity contribution in [1.82, 2.24) is 5.32 Å². The van der Waals surface area contributed by atoms with E-state index in [0.29, 0.717) is 36.5 Å². The zero-order valence-corrected chi connectivity index (χ0v) is 14.0. The van der Waals surface area contributed by atoms with E-state index in [4.69, 9.17) is 10.5 Å². The third-order valence-electron chi connectivity index (χ3n) is 4.33. The maximum Gasteiger partial charge on any atom is 0.251 e. The number of nitrogens with two attached hydrogens (primary N) is 1. The van der Waals surface area contributed by atoms with Crippen LogP contribution in [0.5, 0.6) is 5.75 Å². The molecule has 25 heavy (non-hydrogen) atoms. The molecule has 1 unspecified atom stereocenters. The predicted octanol–water partition coefficient (Wildman–Crippen LogP) is 2.01. The third-order valence-corrected chi connectivity index (χ3v) is 4.33. The average molecular weight is 339 g/mol. The Bertz CT molecular complexity index is 804. The number of fused-ring (bicyclic) bond motifs is 1. The average Bonchev–Trinajstić information content (AvgIpc) is 3.00. The van der Waals surface area contributed by atoms with Crippen LogP contribution in [0, 0.1) is 0 Å². The minimum Gasteiger partial charge on any atom is -0.497 e. The van der Waals surface area contributed by atoms with Gasteiger partial charge in [0, 0.05) is 17.8 Å². The third kappa shape index (κ3) is 3.64. The van der Waals surface area contributed by atoms with E-state index in [-0.39, 0.29) is 17.7 Å². The first-order valence-corrected chi connectivity index (χ1v) is 8.18.